The minimum absolute atomic E-state index is 0.0166. The molecule has 1 N–H and O–H groups in total. The van der Waals surface area contributed by atoms with Gasteiger partial charge in [0, 0.05) is 19.6 Å². The first kappa shape index (κ1) is 15.7. The van der Waals surface area contributed by atoms with Crippen molar-refractivity contribution in [2.24, 2.45) is 0 Å². The van der Waals surface area contributed by atoms with E-state index in [1.807, 2.05) is 6.92 Å². The molecule has 1 aliphatic rings. The molecule has 1 aromatic heterocycles. The highest BCUT2D eigenvalue weighted by atomic mass is 32.1. The molecular formula is C13H19F3N2OS. The summed E-state index contributed by atoms with van der Waals surface area (Å²) < 4.78 is 44.4. The second-order valence-corrected chi connectivity index (χ2v) is 6.02. The monoisotopic (exact) mass is 308 g/mol. The van der Waals surface area contributed by atoms with Gasteiger partial charge < -0.3 is 10.1 Å². The average Bonchev–Trinajstić information content (AvgIpc) is 2.80. The number of hydrogen-bond acceptors (Lipinski definition) is 4. The molecule has 114 valence electrons. The van der Waals surface area contributed by atoms with Gasteiger partial charge in [0.2, 0.25) is 0 Å². The lowest BCUT2D eigenvalue weighted by molar-refractivity contribution is -0.141. The lowest BCUT2D eigenvalue weighted by atomic mass is 10.1. The molecule has 7 heteroatoms. The molecule has 0 spiro atoms. The van der Waals surface area contributed by atoms with Crippen LogP contribution in [0.4, 0.5) is 13.2 Å². The number of halogens is 3. The van der Waals surface area contributed by atoms with E-state index >= 15 is 0 Å². The largest absolute Gasteiger partial charge is 0.434 e. The summed E-state index contributed by atoms with van der Waals surface area (Å²) in [6.45, 7) is 3.42. The quantitative estimate of drug-likeness (QED) is 0.905. The molecule has 2 rings (SSSR count). The van der Waals surface area contributed by atoms with Crippen molar-refractivity contribution >= 4 is 11.3 Å². The van der Waals surface area contributed by atoms with E-state index in [0.29, 0.717) is 24.6 Å². The highest BCUT2D eigenvalue weighted by Gasteiger charge is 2.37. The number of nitrogens with one attached hydrogen (secondary N) is 1. The Hall–Kier alpha value is -0.660. The predicted octanol–water partition coefficient (Wildman–Crippen LogP) is 3.38. The number of rotatable bonds is 5. The van der Waals surface area contributed by atoms with Gasteiger partial charge in [0.1, 0.15) is 0 Å². The highest BCUT2D eigenvalue weighted by molar-refractivity contribution is 7.11. The van der Waals surface area contributed by atoms with Gasteiger partial charge in [-0.2, -0.15) is 13.2 Å². The van der Waals surface area contributed by atoms with Gasteiger partial charge in [-0.25, -0.2) is 4.98 Å². The SMILES string of the molecule is CCNCc1sc(CC2CCCCO2)nc1C(F)(F)F. The van der Waals surface area contributed by atoms with Crippen molar-refractivity contribution in [2.75, 3.05) is 13.2 Å². The van der Waals surface area contributed by atoms with Crippen LogP contribution in [0.5, 0.6) is 0 Å². The van der Waals surface area contributed by atoms with Gasteiger partial charge >= 0.3 is 6.18 Å². The Balaban J connectivity index is 2.10. The van der Waals surface area contributed by atoms with Crippen LogP contribution in [0.1, 0.15) is 41.8 Å². The number of alkyl halides is 3. The summed E-state index contributed by atoms with van der Waals surface area (Å²) in [5.74, 6) is 0. The molecule has 1 saturated heterocycles. The van der Waals surface area contributed by atoms with Crippen LogP contribution in [0.15, 0.2) is 0 Å². The molecular weight excluding hydrogens is 289 g/mol. The summed E-state index contributed by atoms with van der Waals surface area (Å²) >= 11 is 1.15. The minimum atomic E-state index is -4.38. The van der Waals surface area contributed by atoms with E-state index < -0.39 is 11.9 Å². The molecule has 2 heterocycles. The van der Waals surface area contributed by atoms with Gasteiger partial charge in [0.25, 0.3) is 0 Å². The molecule has 1 aromatic rings. The van der Waals surface area contributed by atoms with Crippen molar-refractivity contribution in [3.8, 4) is 0 Å². The molecule has 0 aliphatic carbocycles. The Morgan fingerprint density at radius 2 is 2.20 bits per heavy atom. The van der Waals surface area contributed by atoms with Crippen LogP contribution in [0, 0.1) is 0 Å². The standard InChI is InChI=1S/C13H19F3N2OS/c1-2-17-8-10-12(13(14,15)16)18-11(20-10)7-9-5-3-4-6-19-9/h9,17H,2-8H2,1H3. The molecule has 1 fully saturated rings. The second kappa shape index (κ2) is 6.87. The van der Waals surface area contributed by atoms with Gasteiger partial charge in [-0.05, 0) is 25.8 Å². The first-order valence-corrected chi connectivity index (χ1v) is 7.70. The van der Waals surface area contributed by atoms with Crippen LogP contribution in [0.2, 0.25) is 0 Å². The molecule has 0 amide bonds. The predicted molar refractivity (Wildman–Crippen MR) is 71.8 cm³/mol. The number of hydrogen-bond donors (Lipinski definition) is 1. The molecule has 3 nitrogen and oxygen atoms in total. The summed E-state index contributed by atoms with van der Waals surface area (Å²) in [7, 11) is 0. The fraction of sp³-hybridized carbons (Fsp3) is 0.769. The molecule has 20 heavy (non-hydrogen) atoms. The maximum atomic E-state index is 13.0. The van der Waals surface area contributed by atoms with Crippen LogP contribution >= 0.6 is 11.3 Å². The Bertz CT molecular complexity index is 428. The fourth-order valence-electron chi connectivity index (χ4n) is 2.23. The van der Waals surface area contributed by atoms with E-state index in [2.05, 4.69) is 10.3 Å². The number of nitrogens with zero attached hydrogens (tertiary/aromatic N) is 1. The zero-order valence-electron chi connectivity index (χ0n) is 11.4. The van der Waals surface area contributed by atoms with Crippen LogP contribution < -0.4 is 5.32 Å². The molecule has 0 bridgehead atoms. The molecule has 1 aliphatic heterocycles. The van der Waals surface area contributed by atoms with E-state index in [-0.39, 0.29) is 17.5 Å². The van der Waals surface area contributed by atoms with Crippen LogP contribution in [-0.2, 0) is 23.9 Å². The normalized spacial score (nSPS) is 20.3. The van der Waals surface area contributed by atoms with E-state index in [1.54, 1.807) is 0 Å². The first-order chi connectivity index (χ1) is 9.50. The fourth-order valence-corrected chi connectivity index (χ4v) is 3.35. The van der Waals surface area contributed by atoms with E-state index in [4.69, 9.17) is 4.74 Å². The smallest absolute Gasteiger partial charge is 0.378 e. The molecule has 0 saturated carbocycles. The van der Waals surface area contributed by atoms with E-state index in [1.165, 1.54) is 0 Å². The van der Waals surface area contributed by atoms with Crippen molar-refractivity contribution in [3.05, 3.63) is 15.6 Å². The van der Waals surface area contributed by atoms with Crippen molar-refractivity contribution in [2.45, 2.75) is 51.4 Å². The van der Waals surface area contributed by atoms with Gasteiger partial charge in [-0.15, -0.1) is 11.3 Å². The Kier molecular flexibility index (Phi) is 5.40. The maximum absolute atomic E-state index is 13.0. The molecule has 1 atom stereocenters. The van der Waals surface area contributed by atoms with E-state index in [0.717, 1.165) is 30.6 Å². The van der Waals surface area contributed by atoms with Crippen molar-refractivity contribution in [1.29, 1.82) is 0 Å². The van der Waals surface area contributed by atoms with Gasteiger partial charge in [0.15, 0.2) is 5.69 Å². The minimum Gasteiger partial charge on any atom is -0.378 e. The van der Waals surface area contributed by atoms with Gasteiger partial charge in [-0.1, -0.05) is 6.92 Å². The topological polar surface area (TPSA) is 34.1 Å². The van der Waals surface area contributed by atoms with Crippen molar-refractivity contribution in [1.82, 2.24) is 10.3 Å². The number of aromatic nitrogens is 1. The maximum Gasteiger partial charge on any atom is 0.434 e. The summed E-state index contributed by atoms with van der Waals surface area (Å²) in [4.78, 5) is 4.07. The lowest BCUT2D eigenvalue weighted by Crippen LogP contribution is -2.21. The third-order valence-electron chi connectivity index (χ3n) is 3.22. The van der Waals surface area contributed by atoms with Crippen LogP contribution in [0.3, 0.4) is 0 Å². The summed E-state index contributed by atoms with van der Waals surface area (Å²) in [5.41, 5.74) is -0.741. The second-order valence-electron chi connectivity index (χ2n) is 4.85. The zero-order valence-corrected chi connectivity index (χ0v) is 12.2. The lowest BCUT2D eigenvalue weighted by Gasteiger charge is -2.21. The van der Waals surface area contributed by atoms with Crippen LogP contribution in [-0.4, -0.2) is 24.2 Å². The highest BCUT2D eigenvalue weighted by Crippen LogP contribution is 2.35. The average molecular weight is 308 g/mol. The summed E-state index contributed by atoms with van der Waals surface area (Å²) in [6, 6.07) is 0. The van der Waals surface area contributed by atoms with Gasteiger partial charge in [0.05, 0.1) is 16.0 Å². The molecule has 0 radical (unpaired) electrons. The summed E-state index contributed by atoms with van der Waals surface area (Å²) in [5, 5.41) is 3.46. The van der Waals surface area contributed by atoms with Crippen molar-refractivity contribution in [3.63, 3.8) is 0 Å². The van der Waals surface area contributed by atoms with E-state index in [9.17, 15) is 13.2 Å². The Morgan fingerprint density at radius 3 is 2.80 bits per heavy atom. The zero-order chi connectivity index (χ0) is 14.6. The van der Waals surface area contributed by atoms with Gasteiger partial charge in [-0.3, -0.25) is 0 Å². The Labute approximate surface area is 120 Å². The third-order valence-corrected chi connectivity index (χ3v) is 4.30. The number of thiazole rings is 1. The van der Waals surface area contributed by atoms with Crippen LogP contribution in [0.25, 0.3) is 0 Å². The molecule has 1 unspecified atom stereocenters. The summed E-state index contributed by atoms with van der Waals surface area (Å²) in [6.07, 6.45) is -0.862. The molecule has 0 aromatic carbocycles. The Morgan fingerprint density at radius 1 is 1.40 bits per heavy atom. The third kappa shape index (κ3) is 4.17. The first-order valence-electron chi connectivity index (χ1n) is 6.88. The number of ether oxygens (including phenoxy) is 1. The van der Waals surface area contributed by atoms with Crippen molar-refractivity contribution < 1.29 is 17.9 Å².